The van der Waals surface area contributed by atoms with Crippen LogP contribution in [-0.2, 0) is 0 Å². The highest BCUT2D eigenvalue weighted by Crippen LogP contribution is 2.29. The van der Waals surface area contributed by atoms with E-state index in [0.717, 1.165) is 5.56 Å². The van der Waals surface area contributed by atoms with Crippen molar-refractivity contribution in [2.24, 2.45) is 4.99 Å². The van der Waals surface area contributed by atoms with Gasteiger partial charge in [0.2, 0.25) is 0 Å². The summed E-state index contributed by atoms with van der Waals surface area (Å²) in [6.45, 7) is 4.16. The fourth-order valence-corrected chi connectivity index (χ4v) is 1.78. The molecule has 2 aromatic carbocycles. The summed E-state index contributed by atoms with van der Waals surface area (Å²) in [5, 5.41) is 10.0. The largest absolute Gasteiger partial charge is 0.504 e. The molecular formula is C16H16FNO2. The number of aryl methyl sites for hydroxylation is 1. The highest BCUT2D eigenvalue weighted by Gasteiger charge is 2.06. The summed E-state index contributed by atoms with van der Waals surface area (Å²) in [4.78, 5) is 4.08. The lowest BCUT2D eigenvalue weighted by Gasteiger charge is -2.07. The van der Waals surface area contributed by atoms with Crippen LogP contribution in [-0.4, -0.2) is 17.9 Å². The fourth-order valence-electron chi connectivity index (χ4n) is 1.78. The van der Waals surface area contributed by atoms with Gasteiger partial charge in [0.05, 0.1) is 12.3 Å². The van der Waals surface area contributed by atoms with Gasteiger partial charge >= 0.3 is 0 Å². The summed E-state index contributed by atoms with van der Waals surface area (Å²) in [6, 6.07) is 9.81. The third-order valence-corrected chi connectivity index (χ3v) is 2.77. The van der Waals surface area contributed by atoms with Crippen molar-refractivity contribution in [1.29, 1.82) is 0 Å². The van der Waals surface area contributed by atoms with Crippen LogP contribution in [0.3, 0.4) is 0 Å². The van der Waals surface area contributed by atoms with Gasteiger partial charge in [0.1, 0.15) is 5.82 Å². The first-order valence-corrected chi connectivity index (χ1v) is 6.37. The minimum absolute atomic E-state index is 0.00570. The van der Waals surface area contributed by atoms with E-state index in [-0.39, 0.29) is 11.4 Å². The summed E-state index contributed by atoms with van der Waals surface area (Å²) in [6.07, 6.45) is 1.43. The van der Waals surface area contributed by atoms with E-state index in [4.69, 9.17) is 4.74 Å². The van der Waals surface area contributed by atoms with Gasteiger partial charge in [-0.15, -0.1) is 0 Å². The van der Waals surface area contributed by atoms with Gasteiger partial charge in [-0.3, -0.25) is 4.99 Å². The van der Waals surface area contributed by atoms with Crippen molar-refractivity contribution < 1.29 is 14.2 Å². The summed E-state index contributed by atoms with van der Waals surface area (Å²) in [7, 11) is 0. The number of aliphatic imine (C=N–C) groups is 1. The van der Waals surface area contributed by atoms with Crippen molar-refractivity contribution in [1.82, 2.24) is 0 Å². The Labute approximate surface area is 117 Å². The molecule has 2 rings (SSSR count). The number of ether oxygens (including phenoxy) is 1. The minimum atomic E-state index is -0.396. The van der Waals surface area contributed by atoms with E-state index in [9.17, 15) is 9.50 Å². The first-order valence-electron chi connectivity index (χ1n) is 6.37. The number of nitrogens with zero attached hydrogens (tertiary/aromatic N) is 1. The molecule has 0 bridgehead atoms. The number of rotatable bonds is 4. The van der Waals surface area contributed by atoms with Crippen LogP contribution in [0.1, 0.15) is 18.1 Å². The van der Waals surface area contributed by atoms with Gasteiger partial charge < -0.3 is 9.84 Å². The van der Waals surface area contributed by atoms with Gasteiger partial charge in [-0.05, 0) is 43.7 Å². The van der Waals surface area contributed by atoms with Gasteiger partial charge in [0, 0.05) is 11.8 Å². The van der Waals surface area contributed by atoms with Crippen molar-refractivity contribution >= 4 is 11.9 Å². The summed E-state index contributed by atoms with van der Waals surface area (Å²) in [5.74, 6) is -0.000344. The van der Waals surface area contributed by atoms with Gasteiger partial charge in [0.15, 0.2) is 11.5 Å². The Hall–Kier alpha value is -2.36. The molecule has 0 aliphatic heterocycles. The molecule has 0 saturated heterocycles. The van der Waals surface area contributed by atoms with Crippen molar-refractivity contribution in [2.45, 2.75) is 13.8 Å². The highest BCUT2D eigenvalue weighted by molar-refractivity contribution is 5.86. The SMILES string of the molecule is CCOc1cccc(C=Nc2cc(C)ccc2F)c1O. The first kappa shape index (κ1) is 14.1. The predicted octanol–water partition coefficient (Wildman–Crippen LogP) is 3.99. The third-order valence-electron chi connectivity index (χ3n) is 2.77. The second-order valence-electron chi connectivity index (χ2n) is 4.34. The quantitative estimate of drug-likeness (QED) is 0.856. The lowest BCUT2D eigenvalue weighted by molar-refractivity contribution is 0.318. The van der Waals surface area contributed by atoms with Crippen molar-refractivity contribution in [2.75, 3.05) is 6.61 Å². The lowest BCUT2D eigenvalue weighted by Crippen LogP contribution is -1.93. The molecule has 0 unspecified atom stereocenters. The number of benzene rings is 2. The van der Waals surface area contributed by atoms with E-state index in [1.54, 1.807) is 30.3 Å². The lowest BCUT2D eigenvalue weighted by atomic mass is 10.2. The standard InChI is InChI=1S/C16H16FNO2/c1-3-20-15-6-4-5-12(16(15)19)10-18-14-9-11(2)7-8-13(14)17/h4-10,19H,3H2,1-2H3. The van der Waals surface area contributed by atoms with Gasteiger partial charge in [-0.2, -0.15) is 0 Å². The van der Waals surface area contributed by atoms with E-state index in [1.807, 2.05) is 13.8 Å². The molecule has 2 aromatic rings. The van der Waals surface area contributed by atoms with Crippen LogP contribution in [0.25, 0.3) is 0 Å². The molecule has 0 aromatic heterocycles. The Morgan fingerprint density at radius 3 is 2.85 bits per heavy atom. The second kappa shape index (κ2) is 6.19. The first-order chi connectivity index (χ1) is 9.61. The van der Waals surface area contributed by atoms with Crippen LogP contribution >= 0.6 is 0 Å². The Kier molecular flexibility index (Phi) is 4.35. The molecule has 0 aliphatic carbocycles. The number of para-hydroxylation sites is 1. The van der Waals surface area contributed by atoms with Crippen LogP contribution in [0.5, 0.6) is 11.5 Å². The molecule has 0 heterocycles. The van der Waals surface area contributed by atoms with Crippen LogP contribution in [0.15, 0.2) is 41.4 Å². The molecule has 1 N–H and O–H groups in total. The van der Waals surface area contributed by atoms with Crippen molar-refractivity contribution in [3.8, 4) is 11.5 Å². The Balaban J connectivity index is 2.32. The topological polar surface area (TPSA) is 41.8 Å². The molecule has 20 heavy (non-hydrogen) atoms. The van der Waals surface area contributed by atoms with Gasteiger partial charge in [-0.1, -0.05) is 12.1 Å². The zero-order chi connectivity index (χ0) is 14.5. The molecule has 0 fully saturated rings. The smallest absolute Gasteiger partial charge is 0.166 e. The highest BCUT2D eigenvalue weighted by atomic mass is 19.1. The molecular weight excluding hydrogens is 257 g/mol. The zero-order valence-corrected chi connectivity index (χ0v) is 11.4. The van der Waals surface area contributed by atoms with Crippen molar-refractivity contribution in [3.05, 3.63) is 53.3 Å². The van der Waals surface area contributed by atoms with Crippen LogP contribution in [0, 0.1) is 12.7 Å². The maximum atomic E-state index is 13.6. The summed E-state index contributed by atoms with van der Waals surface area (Å²) in [5.41, 5.74) is 1.65. The average Bonchev–Trinajstić information content (AvgIpc) is 2.43. The Morgan fingerprint density at radius 2 is 2.10 bits per heavy atom. The van der Waals surface area contributed by atoms with E-state index in [1.165, 1.54) is 12.3 Å². The molecule has 0 aliphatic rings. The molecule has 0 atom stereocenters. The fraction of sp³-hybridized carbons (Fsp3) is 0.188. The van der Waals surface area contributed by atoms with Crippen LogP contribution < -0.4 is 4.74 Å². The molecule has 0 saturated carbocycles. The number of phenolic OH excluding ortho intramolecular Hbond substituents is 1. The van der Waals surface area contributed by atoms with E-state index < -0.39 is 5.82 Å². The average molecular weight is 273 g/mol. The van der Waals surface area contributed by atoms with Crippen molar-refractivity contribution in [3.63, 3.8) is 0 Å². The number of hydrogen-bond acceptors (Lipinski definition) is 3. The number of aromatic hydroxyl groups is 1. The zero-order valence-electron chi connectivity index (χ0n) is 11.4. The molecule has 4 heteroatoms. The van der Waals surface area contributed by atoms with Crippen LogP contribution in [0.2, 0.25) is 0 Å². The Morgan fingerprint density at radius 1 is 1.30 bits per heavy atom. The van der Waals surface area contributed by atoms with Crippen LogP contribution in [0.4, 0.5) is 10.1 Å². The third kappa shape index (κ3) is 3.15. The van der Waals surface area contributed by atoms with Gasteiger partial charge in [-0.25, -0.2) is 4.39 Å². The summed E-state index contributed by atoms with van der Waals surface area (Å²) < 4.78 is 18.9. The van der Waals surface area contributed by atoms with E-state index in [2.05, 4.69) is 4.99 Å². The monoisotopic (exact) mass is 273 g/mol. The predicted molar refractivity (Wildman–Crippen MR) is 77.7 cm³/mol. The van der Waals surface area contributed by atoms with E-state index >= 15 is 0 Å². The number of phenols is 1. The summed E-state index contributed by atoms with van der Waals surface area (Å²) >= 11 is 0. The molecule has 0 radical (unpaired) electrons. The molecule has 104 valence electrons. The molecule has 0 spiro atoms. The molecule has 0 amide bonds. The van der Waals surface area contributed by atoms with Gasteiger partial charge in [0.25, 0.3) is 0 Å². The minimum Gasteiger partial charge on any atom is -0.504 e. The molecule has 3 nitrogen and oxygen atoms in total. The normalized spacial score (nSPS) is 10.9. The maximum absolute atomic E-state index is 13.6. The number of halogens is 1. The number of hydrogen-bond donors (Lipinski definition) is 1. The Bertz CT molecular complexity index is 638. The van der Waals surface area contributed by atoms with E-state index in [0.29, 0.717) is 17.9 Å². The maximum Gasteiger partial charge on any atom is 0.166 e. The second-order valence-corrected chi connectivity index (χ2v) is 4.34.